The third kappa shape index (κ3) is 4.83. The number of ether oxygens (including phenoxy) is 2. The van der Waals surface area contributed by atoms with Gasteiger partial charge < -0.3 is 19.2 Å². The van der Waals surface area contributed by atoms with E-state index < -0.39 is 0 Å². The minimum absolute atomic E-state index is 0.0703. The molecule has 2 rings (SSSR count). The first-order chi connectivity index (χ1) is 9.98. The zero-order valence-electron chi connectivity index (χ0n) is 13.1. The maximum absolute atomic E-state index is 5.75. The Morgan fingerprint density at radius 2 is 1.67 bits per heavy atom. The lowest BCUT2D eigenvalue weighted by Crippen LogP contribution is -2.34. The third-order valence-electron chi connectivity index (χ3n) is 2.95. The Labute approximate surface area is 126 Å². The van der Waals surface area contributed by atoms with Gasteiger partial charge in [0.15, 0.2) is 11.5 Å². The minimum Gasteiger partial charge on any atom is -0.493 e. The number of rotatable bonds is 6. The largest absolute Gasteiger partial charge is 0.493 e. The number of hydrogen-bond donors (Lipinski definition) is 1. The number of nitrogens with one attached hydrogen (secondary N) is 1. The minimum atomic E-state index is 0.0703. The molecule has 0 fully saturated rings. The van der Waals surface area contributed by atoms with Crippen molar-refractivity contribution in [2.45, 2.75) is 39.5 Å². The van der Waals surface area contributed by atoms with Crippen molar-refractivity contribution in [3.63, 3.8) is 0 Å². The van der Waals surface area contributed by atoms with E-state index in [2.05, 4.69) is 26.1 Å². The van der Waals surface area contributed by atoms with Gasteiger partial charge in [-0.2, -0.15) is 0 Å². The van der Waals surface area contributed by atoms with E-state index in [9.17, 15) is 0 Å². The highest BCUT2D eigenvalue weighted by Gasteiger charge is 2.11. The van der Waals surface area contributed by atoms with Crippen LogP contribution in [0.25, 0.3) is 0 Å². The van der Waals surface area contributed by atoms with Crippen LogP contribution in [-0.4, -0.2) is 12.6 Å². The maximum Gasteiger partial charge on any atom is 0.161 e. The molecule has 1 aromatic heterocycles. The van der Waals surface area contributed by atoms with Gasteiger partial charge in [-0.15, -0.1) is 0 Å². The smallest absolute Gasteiger partial charge is 0.161 e. The molecule has 0 aliphatic carbocycles. The molecule has 0 amide bonds. The number of benzene rings is 1. The summed E-state index contributed by atoms with van der Waals surface area (Å²) in [5.41, 5.74) is 0.0703. The molecule has 1 heterocycles. The molecule has 2 aromatic rings. The van der Waals surface area contributed by atoms with Crippen LogP contribution in [-0.2, 0) is 13.2 Å². The fourth-order valence-corrected chi connectivity index (χ4v) is 1.83. The second kappa shape index (κ2) is 6.68. The van der Waals surface area contributed by atoms with Gasteiger partial charge >= 0.3 is 0 Å². The number of para-hydroxylation sites is 2. The van der Waals surface area contributed by atoms with E-state index in [0.717, 1.165) is 17.3 Å². The molecule has 0 atom stereocenters. The van der Waals surface area contributed by atoms with E-state index in [1.54, 1.807) is 7.11 Å². The van der Waals surface area contributed by atoms with Gasteiger partial charge in [-0.25, -0.2) is 0 Å². The Bertz CT molecular complexity index is 569. The number of methoxy groups -OCH3 is 1. The van der Waals surface area contributed by atoms with Crippen LogP contribution in [0.3, 0.4) is 0 Å². The van der Waals surface area contributed by atoms with Gasteiger partial charge in [0, 0.05) is 5.54 Å². The average Bonchev–Trinajstić information content (AvgIpc) is 2.90. The summed E-state index contributed by atoms with van der Waals surface area (Å²) in [6.45, 7) is 7.47. The second-order valence-corrected chi connectivity index (χ2v) is 5.91. The first kappa shape index (κ1) is 15.4. The Hall–Kier alpha value is -1.94. The van der Waals surface area contributed by atoms with Crippen molar-refractivity contribution in [2.75, 3.05) is 7.11 Å². The van der Waals surface area contributed by atoms with E-state index in [1.807, 2.05) is 36.4 Å². The third-order valence-corrected chi connectivity index (χ3v) is 2.95. The summed E-state index contributed by atoms with van der Waals surface area (Å²) < 4.78 is 16.7. The standard InChI is InChI=1S/C17H23NO3/c1-17(2,3)18-11-13-9-10-14(21-13)12-20-16-8-6-5-7-15(16)19-4/h5-10,18H,11-12H2,1-4H3. The van der Waals surface area contributed by atoms with Gasteiger partial charge in [-0.05, 0) is 45.0 Å². The fourth-order valence-electron chi connectivity index (χ4n) is 1.83. The maximum atomic E-state index is 5.75. The molecule has 114 valence electrons. The van der Waals surface area contributed by atoms with E-state index in [-0.39, 0.29) is 5.54 Å². The van der Waals surface area contributed by atoms with Gasteiger partial charge in [0.05, 0.1) is 13.7 Å². The lowest BCUT2D eigenvalue weighted by atomic mass is 10.1. The molecule has 0 saturated heterocycles. The monoisotopic (exact) mass is 289 g/mol. The Balaban J connectivity index is 1.91. The second-order valence-electron chi connectivity index (χ2n) is 5.91. The molecule has 1 N–H and O–H groups in total. The zero-order chi connectivity index (χ0) is 15.3. The van der Waals surface area contributed by atoms with Gasteiger partial charge in [0.25, 0.3) is 0 Å². The van der Waals surface area contributed by atoms with E-state index >= 15 is 0 Å². The molecule has 0 saturated carbocycles. The number of furan rings is 1. The summed E-state index contributed by atoms with van der Waals surface area (Å²) >= 11 is 0. The molecule has 4 nitrogen and oxygen atoms in total. The van der Waals surface area contributed by atoms with Crippen molar-refractivity contribution in [3.8, 4) is 11.5 Å². The average molecular weight is 289 g/mol. The van der Waals surface area contributed by atoms with Gasteiger partial charge in [-0.1, -0.05) is 12.1 Å². The van der Waals surface area contributed by atoms with Gasteiger partial charge in [-0.3, -0.25) is 0 Å². The molecular formula is C17H23NO3. The van der Waals surface area contributed by atoms with Crippen LogP contribution < -0.4 is 14.8 Å². The van der Waals surface area contributed by atoms with Crippen LogP contribution in [0, 0.1) is 0 Å². The fraction of sp³-hybridized carbons (Fsp3) is 0.412. The molecule has 1 aromatic carbocycles. The topological polar surface area (TPSA) is 43.6 Å². The zero-order valence-corrected chi connectivity index (χ0v) is 13.1. The van der Waals surface area contributed by atoms with Gasteiger partial charge in [0.2, 0.25) is 0 Å². The normalized spacial score (nSPS) is 11.4. The summed E-state index contributed by atoms with van der Waals surface area (Å²) in [4.78, 5) is 0. The Kier molecular flexibility index (Phi) is 4.91. The van der Waals surface area contributed by atoms with Crippen molar-refractivity contribution in [1.82, 2.24) is 5.32 Å². The SMILES string of the molecule is COc1ccccc1OCc1ccc(CNC(C)(C)C)o1. The van der Waals surface area contributed by atoms with Crippen LogP contribution in [0.15, 0.2) is 40.8 Å². The summed E-state index contributed by atoms with van der Waals surface area (Å²) in [5, 5.41) is 3.39. The van der Waals surface area contributed by atoms with E-state index in [4.69, 9.17) is 13.9 Å². The highest BCUT2D eigenvalue weighted by Crippen LogP contribution is 2.26. The molecule has 0 aliphatic rings. The van der Waals surface area contributed by atoms with Crippen LogP contribution in [0.2, 0.25) is 0 Å². The number of hydrogen-bond acceptors (Lipinski definition) is 4. The van der Waals surface area contributed by atoms with E-state index in [0.29, 0.717) is 18.9 Å². The molecule has 0 bridgehead atoms. The Morgan fingerprint density at radius 3 is 2.33 bits per heavy atom. The van der Waals surface area contributed by atoms with Crippen LogP contribution >= 0.6 is 0 Å². The molecule has 0 radical (unpaired) electrons. The van der Waals surface area contributed by atoms with E-state index in [1.165, 1.54) is 0 Å². The Morgan fingerprint density at radius 1 is 1.00 bits per heavy atom. The quantitative estimate of drug-likeness (QED) is 0.879. The van der Waals surface area contributed by atoms with Crippen molar-refractivity contribution in [1.29, 1.82) is 0 Å². The first-order valence-electron chi connectivity index (χ1n) is 7.06. The molecule has 0 unspecified atom stereocenters. The predicted octanol–water partition coefficient (Wildman–Crippen LogP) is 3.76. The molecule has 0 spiro atoms. The van der Waals surface area contributed by atoms with Crippen LogP contribution in [0.1, 0.15) is 32.3 Å². The van der Waals surface area contributed by atoms with Crippen LogP contribution in [0.5, 0.6) is 11.5 Å². The van der Waals surface area contributed by atoms with Crippen molar-refractivity contribution < 1.29 is 13.9 Å². The van der Waals surface area contributed by atoms with Crippen molar-refractivity contribution in [3.05, 3.63) is 47.9 Å². The van der Waals surface area contributed by atoms with Gasteiger partial charge in [0.1, 0.15) is 18.1 Å². The molecular weight excluding hydrogens is 266 g/mol. The molecule has 0 aliphatic heterocycles. The highest BCUT2D eigenvalue weighted by atomic mass is 16.5. The highest BCUT2D eigenvalue weighted by molar-refractivity contribution is 5.39. The summed E-state index contributed by atoms with van der Waals surface area (Å²) in [7, 11) is 1.63. The van der Waals surface area contributed by atoms with Crippen molar-refractivity contribution in [2.24, 2.45) is 0 Å². The molecule has 4 heteroatoms. The van der Waals surface area contributed by atoms with Crippen LogP contribution in [0.4, 0.5) is 0 Å². The summed E-state index contributed by atoms with van der Waals surface area (Å²) in [5.74, 6) is 3.14. The summed E-state index contributed by atoms with van der Waals surface area (Å²) in [6.07, 6.45) is 0. The lowest BCUT2D eigenvalue weighted by Gasteiger charge is -2.19. The molecule has 21 heavy (non-hydrogen) atoms. The first-order valence-corrected chi connectivity index (χ1v) is 7.06. The van der Waals surface area contributed by atoms with Crippen molar-refractivity contribution >= 4 is 0 Å². The lowest BCUT2D eigenvalue weighted by molar-refractivity contribution is 0.250. The summed E-state index contributed by atoms with van der Waals surface area (Å²) in [6, 6.07) is 11.5. The predicted molar refractivity (Wildman–Crippen MR) is 82.6 cm³/mol.